The fourth-order valence-electron chi connectivity index (χ4n) is 1.84. The fraction of sp³-hybridized carbons (Fsp3) is 0.176. The van der Waals surface area contributed by atoms with Crippen LogP contribution in [-0.4, -0.2) is 24.2 Å². The first-order chi connectivity index (χ1) is 11.1. The summed E-state index contributed by atoms with van der Waals surface area (Å²) in [5.74, 6) is -0.259. The molecule has 120 valence electrons. The minimum absolute atomic E-state index is 0.236. The van der Waals surface area contributed by atoms with Gasteiger partial charge >= 0.3 is 5.97 Å². The van der Waals surface area contributed by atoms with Crippen LogP contribution in [0.2, 0.25) is 5.02 Å². The smallest absolute Gasteiger partial charge is 0.316 e. The van der Waals surface area contributed by atoms with E-state index in [0.29, 0.717) is 22.9 Å². The van der Waals surface area contributed by atoms with Crippen LogP contribution in [-0.2, 0) is 9.53 Å². The van der Waals surface area contributed by atoms with Crippen LogP contribution in [0.1, 0.15) is 17.3 Å². The molecule has 0 aliphatic carbocycles. The summed E-state index contributed by atoms with van der Waals surface area (Å²) in [5.41, 5.74) is 1.14. The summed E-state index contributed by atoms with van der Waals surface area (Å²) in [6.07, 6.45) is 0. The minimum Gasteiger partial charge on any atom is -0.465 e. The fourth-order valence-corrected chi connectivity index (χ4v) is 2.78. The molecule has 4 nitrogen and oxygen atoms in total. The number of rotatable bonds is 6. The van der Waals surface area contributed by atoms with Crippen molar-refractivity contribution < 1.29 is 14.3 Å². The molecule has 0 radical (unpaired) electrons. The number of nitrogens with one attached hydrogen (secondary N) is 1. The highest BCUT2D eigenvalue weighted by Crippen LogP contribution is 2.22. The summed E-state index contributed by atoms with van der Waals surface area (Å²) < 4.78 is 4.89. The zero-order valence-corrected chi connectivity index (χ0v) is 14.1. The van der Waals surface area contributed by atoms with Gasteiger partial charge in [-0.1, -0.05) is 23.7 Å². The Labute approximate surface area is 144 Å². The molecule has 0 fully saturated rings. The Morgan fingerprint density at radius 2 is 1.96 bits per heavy atom. The number of amides is 1. The van der Waals surface area contributed by atoms with Crippen molar-refractivity contribution in [1.29, 1.82) is 0 Å². The second-order valence-electron chi connectivity index (χ2n) is 4.59. The predicted molar refractivity (Wildman–Crippen MR) is 93.2 cm³/mol. The Morgan fingerprint density at radius 3 is 2.70 bits per heavy atom. The Morgan fingerprint density at radius 1 is 1.17 bits per heavy atom. The van der Waals surface area contributed by atoms with Crippen molar-refractivity contribution in [2.45, 2.75) is 11.8 Å². The lowest BCUT2D eigenvalue weighted by molar-refractivity contribution is -0.139. The van der Waals surface area contributed by atoms with Crippen LogP contribution in [0.4, 0.5) is 5.69 Å². The molecule has 0 bridgehead atoms. The van der Waals surface area contributed by atoms with Gasteiger partial charge in [0.15, 0.2) is 0 Å². The van der Waals surface area contributed by atoms with Gasteiger partial charge < -0.3 is 10.1 Å². The molecule has 2 aromatic rings. The predicted octanol–water partition coefficient (Wildman–Crippen LogP) is 4.25. The van der Waals surface area contributed by atoms with E-state index in [1.807, 2.05) is 18.2 Å². The van der Waals surface area contributed by atoms with E-state index in [4.69, 9.17) is 16.3 Å². The van der Waals surface area contributed by atoms with Crippen molar-refractivity contribution in [1.82, 2.24) is 0 Å². The van der Waals surface area contributed by atoms with Crippen molar-refractivity contribution in [2.24, 2.45) is 0 Å². The Hall–Kier alpha value is -1.98. The number of halogens is 1. The second kappa shape index (κ2) is 8.60. The van der Waals surface area contributed by atoms with Crippen LogP contribution < -0.4 is 5.32 Å². The largest absolute Gasteiger partial charge is 0.465 e. The van der Waals surface area contributed by atoms with E-state index in [1.165, 1.54) is 11.8 Å². The molecule has 0 saturated carbocycles. The molecule has 0 saturated heterocycles. The molecule has 0 heterocycles. The maximum atomic E-state index is 12.2. The van der Waals surface area contributed by atoms with Gasteiger partial charge in [-0.25, -0.2) is 0 Å². The number of hydrogen-bond acceptors (Lipinski definition) is 4. The van der Waals surface area contributed by atoms with Gasteiger partial charge in [-0.2, -0.15) is 0 Å². The summed E-state index contributed by atoms with van der Waals surface area (Å²) in [5, 5.41) is 3.32. The van der Waals surface area contributed by atoms with Crippen LogP contribution in [0, 0.1) is 0 Å². The monoisotopic (exact) mass is 349 g/mol. The standard InChI is InChI=1S/C17H16ClNO3S/c1-2-22-16(20)11-23-15-8-4-7-14(10-15)19-17(21)12-5-3-6-13(18)9-12/h3-10H,2,11H2,1H3,(H,19,21). The summed E-state index contributed by atoms with van der Waals surface area (Å²) in [6.45, 7) is 2.14. The number of ether oxygens (including phenoxy) is 1. The Balaban J connectivity index is 1.99. The third-order valence-corrected chi connectivity index (χ3v) is 4.04. The average molecular weight is 350 g/mol. The van der Waals surface area contributed by atoms with Crippen LogP contribution in [0.25, 0.3) is 0 Å². The molecule has 0 aliphatic rings. The SMILES string of the molecule is CCOC(=O)CSc1cccc(NC(=O)c2cccc(Cl)c2)c1. The molecule has 23 heavy (non-hydrogen) atoms. The molecule has 2 aromatic carbocycles. The van der Waals surface area contributed by atoms with Crippen molar-refractivity contribution in [3.05, 3.63) is 59.1 Å². The van der Waals surface area contributed by atoms with E-state index in [-0.39, 0.29) is 17.6 Å². The number of benzene rings is 2. The summed E-state index contributed by atoms with van der Waals surface area (Å²) in [6, 6.07) is 14.0. The summed E-state index contributed by atoms with van der Waals surface area (Å²) in [7, 11) is 0. The first-order valence-corrected chi connectivity index (χ1v) is 8.40. The number of hydrogen-bond donors (Lipinski definition) is 1. The van der Waals surface area contributed by atoms with Gasteiger partial charge in [0, 0.05) is 21.2 Å². The lowest BCUT2D eigenvalue weighted by Gasteiger charge is -2.08. The van der Waals surface area contributed by atoms with Crippen LogP contribution in [0.3, 0.4) is 0 Å². The van der Waals surface area contributed by atoms with Crippen LogP contribution in [0.5, 0.6) is 0 Å². The van der Waals surface area contributed by atoms with E-state index >= 15 is 0 Å². The van der Waals surface area contributed by atoms with Crippen LogP contribution in [0.15, 0.2) is 53.4 Å². The zero-order valence-electron chi connectivity index (χ0n) is 12.5. The minimum atomic E-state index is -0.258. The van der Waals surface area contributed by atoms with Gasteiger partial charge in [0.05, 0.1) is 12.4 Å². The molecule has 6 heteroatoms. The van der Waals surface area contributed by atoms with Gasteiger partial charge in [0.1, 0.15) is 0 Å². The van der Waals surface area contributed by atoms with Crippen molar-refractivity contribution >= 4 is 40.9 Å². The third kappa shape index (κ3) is 5.62. The molecule has 2 rings (SSSR count). The van der Waals surface area contributed by atoms with Gasteiger partial charge in [-0.05, 0) is 43.3 Å². The third-order valence-electron chi connectivity index (χ3n) is 2.84. The second-order valence-corrected chi connectivity index (χ2v) is 6.07. The quantitative estimate of drug-likeness (QED) is 0.625. The number of carbonyl (C=O) groups is 2. The van der Waals surface area contributed by atoms with E-state index in [0.717, 1.165) is 4.90 Å². The highest BCUT2D eigenvalue weighted by atomic mass is 35.5. The lowest BCUT2D eigenvalue weighted by atomic mass is 10.2. The maximum absolute atomic E-state index is 12.2. The van der Waals surface area contributed by atoms with Gasteiger partial charge in [0.2, 0.25) is 0 Å². The van der Waals surface area contributed by atoms with E-state index in [9.17, 15) is 9.59 Å². The normalized spacial score (nSPS) is 10.2. The van der Waals surface area contributed by atoms with E-state index < -0.39 is 0 Å². The number of esters is 1. The van der Waals surface area contributed by atoms with Crippen LogP contribution >= 0.6 is 23.4 Å². The highest BCUT2D eigenvalue weighted by Gasteiger charge is 2.08. The Bertz CT molecular complexity index is 706. The molecule has 1 amide bonds. The van der Waals surface area contributed by atoms with E-state index in [2.05, 4.69) is 5.32 Å². The molecule has 0 atom stereocenters. The number of anilines is 1. The maximum Gasteiger partial charge on any atom is 0.316 e. The molecule has 0 spiro atoms. The number of thioether (sulfide) groups is 1. The van der Waals surface area contributed by atoms with Crippen molar-refractivity contribution in [3.63, 3.8) is 0 Å². The van der Waals surface area contributed by atoms with Crippen molar-refractivity contribution in [2.75, 3.05) is 17.7 Å². The van der Waals surface area contributed by atoms with E-state index in [1.54, 1.807) is 37.3 Å². The topological polar surface area (TPSA) is 55.4 Å². The lowest BCUT2D eigenvalue weighted by Crippen LogP contribution is -2.11. The first kappa shape index (κ1) is 17.4. The summed E-state index contributed by atoms with van der Waals surface area (Å²) >= 11 is 7.25. The van der Waals surface area contributed by atoms with Gasteiger partial charge in [-0.3, -0.25) is 9.59 Å². The van der Waals surface area contributed by atoms with Gasteiger partial charge in [-0.15, -0.1) is 11.8 Å². The molecule has 0 unspecified atom stereocenters. The Kier molecular flexibility index (Phi) is 6.50. The zero-order chi connectivity index (χ0) is 16.7. The number of carbonyl (C=O) groups excluding carboxylic acids is 2. The molecule has 1 N–H and O–H groups in total. The summed E-state index contributed by atoms with van der Waals surface area (Å²) in [4.78, 5) is 24.4. The van der Waals surface area contributed by atoms with Gasteiger partial charge in [0.25, 0.3) is 5.91 Å². The molecular formula is C17H16ClNO3S. The molecule has 0 aromatic heterocycles. The average Bonchev–Trinajstić information content (AvgIpc) is 2.53. The molecule has 0 aliphatic heterocycles. The van der Waals surface area contributed by atoms with Crippen molar-refractivity contribution in [3.8, 4) is 0 Å². The highest BCUT2D eigenvalue weighted by molar-refractivity contribution is 8.00. The first-order valence-electron chi connectivity index (χ1n) is 7.04. The molecular weight excluding hydrogens is 334 g/mol.